The number of hydrogen-bond donors (Lipinski definition) is 2. The van der Waals surface area contributed by atoms with E-state index in [2.05, 4.69) is 53.6 Å². The fraction of sp³-hybridized carbons (Fsp3) is 0.263. The standard InChI is InChI=1S/C19H21N3O/c1-12(2)14-8-10-15(11-9-14)13(3)20-19(23)18-16-6-4-5-7-17(16)21-22-18/h4-13H,1-3H3,(H,20,23)(H,21,22). The van der Waals surface area contributed by atoms with Gasteiger partial charge in [-0.3, -0.25) is 9.89 Å². The van der Waals surface area contributed by atoms with Gasteiger partial charge in [-0.25, -0.2) is 0 Å². The van der Waals surface area contributed by atoms with Crippen LogP contribution in [0.4, 0.5) is 0 Å². The summed E-state index contributed by atoms with van der Waals surface area (Å²) in [5.41, 5.74) is 3.69. The molecule has 4 heteroatoms. The van der Waals surface area contributed by atoms with Crippen molar-refractivity contribution in [2.75, 3.05) is 0 Å². The van der Waals surface area contributed by atoms with Crippen LogP contribution in [0.15, 0.2) is 48.5 Å². The van der Waals surface area contributed by atoms with E-state index >= 15 is 0 Å². The summed E-state index contributed by atoms with van der Waals surface area (Å²) in [6, 6.07) is 15.9. The smallest absolute Gasteiger partial charge is 0.272 e. The number of rotatable bonds is 4. The molecule has 0 fully saturated rings. The monoisotopic (exact) mass is 307 g/mol. The van der Waals surface area contributed by atoms with Crippen LogP contribution in [-0.2, 0) is 0 Å². The molecule has 1 aromatic heterocycles. The topological polar surface area (TPSA) is 57.8 Å². The molecular formula is C19H21N3O. The van der Waals surface area contributed by atoms with E-state index in [4.69, 9.17) is 0 Å². The van der Waals surface area contributed by atoms with Crippen molar-refractivity contribution in [3.05, 3.63) is 65.4 Å². The Labute approximate surface area is 135 Å². The number of carbonyl (C=O) groups excluding carboxylic acids is 1. The van der Waals surface area contributed by atoms with Crippen LogP contribution in [0.5, 0.6) is 0 Å². The molecule has 0 aliphatic heterocycles. The molecule has 0 radical (unpaired) electrons. The lowest BCUT2D eigenvalue weighted by molar-refractivity contribution is 0.0936. The Balaban J connectivity index is 1.76. The number of para-hydroxylation sites is 1. The van der Waals surface area contributed by atoms with Gasteiger partial charge in [0.2, 0.25) is 0 Å². The second kappa shape index (κ2) is 6.24. The summed E-state index contributed by atoms with van der Waals surface area (Å²) in [5.74, 6) is 0.340. The lowest BCUT2D eigenvalue weighted by atomic mass is 9.99. The summed E-state index contributed by atoms with van der Waals surface area (Å²) in [5, 5.41) is 10.9. The minimum atomic E-state index is -0.164. The minimum Gasteiger partial charge on any atom is -0.344 e. The van der Waals surface area contributed by atoms with Gasteiger partial charge in [-0.05, 0) is 30.0 Å². The normalized spacial score (nSPS) is 12.5. The average Bonchev–Trinajstić information content (AvgIpc) is 2.99. The molecule has 1 heterocycles. The minimum absolute atomic E-state index is 0.0702. The number of benzene rings is 2. The van der Waals surface area contributed by atoms with Gasteiger partial charge in [0.15, 0.2) is 5.69 Å². The first kappa shape index (κ1) is 15.3. The van der Waals surface area contributed by atoms with Crippen molar-refractivity contribution in [1.29, 1.82) is 0 Å². The number of H-pyrrole nitrogens is 1. The summed E-state index contributed by atoms with van der Waals surface area (Å²) < 4.78 is 0. The summed E-state index contributed by atoms with van der Waals surface area (Å²) in [6.45, 7) is 6.32. The van der Waals surface area contributed by atoms with E-state index in [1.54, 1.807) is 0 Å². The zero-order chi connectivity index (χ0) is 16.4. The zero-order valence-corrected chi connectivity index (χ0v) is 13.6. The molecule has 2 aromatic carbocycles. The van der Waals surface area contributed by atoms with Crippen LogP contribution in [0.1, 0.15) is 54.3 Å². The Morgan fingerprint density at radius 1 is 1.00 bits per heavy atom. The zero-order valence-electron chi connectivity index (χ0n) is 13.6. The Morgan fingerprint density at radius 2 is 1.65 bits per heavy atom. The molecule has 118 valence electrons. The lowest BCUT2D eigenvalue weighted by Crippen LogP contribution is -2.27. The first-order valence-corrected chi connectivity index (χ1v) is 7.90. The van der Waals surface area contributed by atoms with E-state index in [0.29, 0.717) is 11.6 Å². The number of aromatic amines is 1. The van der Waals surface area contributed by atoms with Gasteiger partial charge >= 0.3 is 0 Å². The third kappa shape index (κ3) is 3.11. The summed E-state index contributed by atoms with van der Waals surface area (Å²) >= 11 is 0. The number of nitrogens with one attached hydrogen (secondary N) is 2. The molecule has 1 atom stereocenters. The number of hydrogen-bond acceptors (Lipinski definition) is 2. The molecule has 1 unspecified atom stereocenters. The first-order valence-electron chi connectivity index (χ1n) is 7.90. The van der Waals surface area contributed by atoms with Gasteiger partial charge in [-0.1, -0.05) is 56.3 Å². The SMILES string of the molecule is CC(C)c1ccc(C(C)NC(=O)c2n[nH]c3ccccc23)cc1. The van der Waals surface area contributed by atoms with E-state index < -0.39 is 0 Å². The molecule has 0 spiro atoms. The van der Waals surface area contributed by atoms with Crippen molar-refractivity contribution in [3.8, 4) is 0 Å². The fourth-order valence-corrected chi connectivity index (χ4v) is 2.65. The third-order valence-corrected chi connectivity index (χ3v) is 4.14. The Hall–Kier alpha value is -2.62. The number of nitrogens with zero attached hydrogens (tertiary/aromatic N) is 1. The second-order valence-electron chi connectivity index (χ2n) is 6.13. The van der Waals surface area contributed by atoms with Crippen LogP contribution in [-0.4, -0.2) is 16.1 Å². The van der Waals surface area contributed by atoms with E-state index in [1.165, 1.54) is 5.56 Å². The lowest BCUT2D eigenvalue weighted by Gasteiger charge is -2.15. The van der Waals surface area contributed by atoms with Gasteiger partial charge in [-0.15, -0.1) is 0 Å². The van der Waals surface area contributed by atoms with Crippen LogP contribution in [0.25, 0.3) is 10.9 Å². The highest BCUT2D eigenvalue weighted by Gasteiger charge is 2.16. The molecule has 4 nitrogen and oxygen atoms in total. The number of aromatic nitrogens is 2. The van der Waals surface area contributed by atoms with Crippen molar-refractivity contribution in [1.82, 2.24) is 15.5 Å². The molecule has 23 heavy (non-hydrogen) atoms. The summed E-state index contributed by atoms with van der Waals surface area (Å²) in [4.78, 5) is 12.5. The first-order chi connectivity index (χ1) is 11.1. The van der Waals surface area contributed by atoms with Gasteiger partial charge in [0.1, 0.15) is 0 Å². The molecule has 0 bridgehead atoms. The quantitative estimate of drug-likeness (QED) is 0.759. The average molecular weight is 307 g/mol. The summed E-state index contributed by atoms with van der Waals surface area (Å²) in [7, 11) is 0. The number of fused-ring (bicyclic) bond motifs is 1. The number of carbonyl (C=O) groups is 1. The van der Waals surface area contributed by atoms with Crippen molar-refractivity contribution < 1.29 is 4.79 Å². The van der Waals surface area contributed by atoms with Crippen LogP contribution in [0, 0.1) is 0 Å². The van der Waals surface area contributed by atoms with Crippen LogP contribution in [0.3, 0.4) is 0 Å². The summed E-state index contributed by atoms with van der Waals surface area (Å²) in [6.07, 6.45) is 0. The molecule has 0 saturated heterocycles. The highest BCUT2D eigenvalue weighted by atomic mass is 16.2. The predicted octanol–water partition coefficient (Wildman–Crippen LogP) is 4.18. The maximum absolute atomic E-state index is 12.5. The molecule has 3 rings (SSSR count). The maximum atomic E-state index is 12.5. The largest absolute Gasteiger partial charge is 0.344 e. The van der Waals surface area contributed by atoms with Crippen molar-refractivity contribution in [3.63, 3.8) is 0 Å². The van der Waals surface area contributed by atoms with Gasteiger partial charge in [0.05, 0.1) is 11.6 Å². The second-order valence-corrected chi connectivity index (χ2v) is 6.13. The molecular weight excluding hydrogens is 286 g/mol. The van der Waals surface area contributed by atoms with Crippen molar-refractivity contribution >= 4 is 16.8 Å². The van der Waals surface area contributed by atoms with E-state index in [0.717, 1.165) is 16.5 Å². The fourth-order valence-electron chi connectivity index (χ4n) is 2.65. The maximum Gasteiger partial charge on any atom is 0.272 e. The van der Waals surface area contributed by atoms with Gasteiger partial charge in [-0.2, -0.15) is 5.10 Å². The van der Waals surface area contributed by atoms with Gasteiger partial charge < -0.3 is 5.32 Å². The Morgan fingerprint density at radius 3 is 2.35 bits per heavy atom. The van der Waals surface area contributed by atoms with E-state index in [1.807, 2.05) is 31.2 Å². The van der Waals surface area contributed by atoms with Crippen LogP contribution < -0.4 is 5.32 Å². The van der Waals surface area contributed by atoms with Gasteiger partial charge in [0, 0.05) is 5.39 Å². The van der Waals surface area contributed by atoms with Crippen molar-refractivity contribution in [2.45, 2.75) is 32.7 Å². The highest BCUT2D eigenvalue weighted by Crippen LogP contribution is 2.20. The van der Waals surface area contributed by atoms with Gasteiger partial charge in [0.25, 0.3) is 5.91 Å². The number of amides is 1. The molecule has 0 aliphatic rings. The highest BCUT2D eigenvalue weighted by molar-refractivity contribution is 6.04. The van der Waals surface area contributed by atoms with Crippen LogP contribution >= 0.6 is 0 Å². The third-order valence-electron chi connectivity index (χ3n) is 4.14. The van der Waals surface area contributed by atoms with Crippen LogP contribution in [0.2, 0.25) is 0 Å². The van der Waals surface area contributed by atoms with E-state index in [9.17, 15) is 4.79 Å². The Kier molecular flexibility index (Phi) is 4.15. The molecule has 0 saturated carbocycles. The Bertz CT molecular complexity index is 818. The molecule has 1 amide bonds. The van der Waals surface area contributed by atoms with Crippen molar-refractivity contribution in [2.24, 2.45) is 0 Å². The molecule has 3 aromatic rings. The predicted molar refractivity (Wildman–Crippen MR) is 92.5 cm³/mol. The van der Waals surface area contributed by atoms with E-state index in [-0.39, 0.29) is 11.9 Å². The molecule has 2 N–H and O–H groups in total. The molecule has 0 aliphatic carbocycles.